The Bertz CT molecular complexity index is 1210. The predicted octanol–water partition coefficient (Wildman–Crippen LogP) is 3.72. The SMILES string of the molecule is c1ccc2c(c1)ccc1c(N3C4CC5CN(C4)[N]N3C5)nc3ccccc3c12. The molecule has 0 saturated carbocycles. The molecule has 4 bridgehead atoms. The average molecular weight is 366 g/mol. The molecule has 5 heteroatoms. The summed E-state index contributed by atoms with van der Waals surface area (Å²) in [5.74, 6) is 1.77. The van der Waals surface area contributed by atoms with Gasteiger partial charge in [0.1, 0.15) is 0 Å². The highest BCUT2D eigenvalue weighted by atomic mass is 16.0. The van der Waals surface area contributed by atoms with Crippen molar-refractivity contribution in [3.8, 4) is 0 Å². The summed E-state index contributed by atoms with van der Waals surface area (Å²) in [6, 6.07) is 22.1. The minimum atomic E-state index is 0.452. The van der Waals surface area contributed by atoms with Crippen molar-refractivity contribution in [3.05, 3.63) is 60.7 Å². The smallest absolute Gasteiger partial charge is 0.153 e. The van der Waals surface area contributed by atoms with Crippen molar-refractivity contribution < 1.29 is 0 Å². The van der Waals surface area contributed by atoms with Crippen LogP contribution >= 0.6 is 0 Å². The quantitative estimate of drug-likeness (QED) is 0.481. The minimum Gasteiger partial charge on any atom is -0.268 e. The first-order valence-electron chi connectivity index (χ1n) is 10.1. The van der Waals surface area contributed by atoms with Crippen LogP contribution in [0.15, 0.2) is 60.7 Å². The third-order valence-electron chi connectivity index (χ3n) is 6.53. The zero-order valence-corrected chi connectivity index (χ0v) is 15.5. The minimum absolute atomic E-state index is 0.452. The van der Waals surface area contributed by atoms with E-state index in [-0.39, 0.29) is 0 Å². The van der Waals surface area contributed by atoms with Crippen LogP contribution in [0.5, 0.6) is 0 Å². The topological polar surface area (TPSA) is 36.7 Å². The van der Waals surface area contributed by atoms with E-state index in [4.69, 9.17) is 10.5 Å². The van der Waals surface area contributed by atoms with Crippen LogP contribution in [0.4, 0.5) is 5.82 Å². The van der Waals surface area contributed by atoms with Crippen LogP contribution in [0.1, 0.15) is 6.42 Å². The van der Waals surface area contributed by atoms with Crippen molar-refractivity contribution >= 4 is 38.3 Å². The molecule has 4 atom stereocenters. The van der Waals surface area contributed by atoms with E-state index in [1.54, 1.807) is 0 Å². The predicted molar refractivity (Wildman–Crippen MR) is 112 cm³/mol. The summed E-state index contributed by atoms with van der Waals surface area (Å²) in [5.41, 5.74) is 5.88. The van der Waals surface area contributed by atoms with Crippen molar-refractivity contribution in [2.75, 3.05) is 24.6 Å². The Morgan fingerprint density at radius 1 is 0.786 bits per heavy atom. The maximum absolute atomic E-state index is 5.16. The van der Waals surface area contributed by atoms with Gasteiger partial charge in [-0.3, -0.25) is 5.01 Å². The molecule has 4 aliphatic heterocycles. The first-order valence-corrected chi connectivity index (χ1v) is 10.1. The highest BCUT2D eigenvalue weighted by Crippen LogP contribution is 2.41. The van der Waals surface area contributed by atoms with Crippen molar-refractivity contribution in [1.29, 1.82) is 0 Å². The summed E-state index contributed by atoms with van der Waals surface area (Å²) < 4.78 is 0. The summed E-state index contributed by atoms with van der Waals surface area (Å²) >= 11 is 0. The molecule has 3 aromatic carbocycles. The normalized spacial score (nSPS) is 28.6. The molecule has 1 aromatic heterocycles. The lowest BCUT2D eigenvalue weighted by Gasteiger charge is -2.57. The summed E-state index contributed by atoms with van der Waals surface area (Å²) in [6.45, 7) is 3.10. The molecule has 1 radical (unpaired) electrons. The number of anilines is 1. The average Bonchev–Trinajstić information content (AvgIpc) is 2.72. The highest BCUT2D eigenvalue weighted by molar-refractivity contribution is 6.22. The molecule has 0 amide bonds. The summed E-state index contributed by atoms with van der Waals surface area (Å²) in [6.07, 6.45) is 1.23. The number of fused-ring (bicyclic) bond motifs is 5. The van der Waals surface area contributed by atoms with E-state index in [1.165, 1.54) is 33.4 Å². The Morgan fingerprint density at radius 3 is 2.54 bits per heavy atom. The molecule has 0 N–H and O–H groups in total. The number of piperidine rings is 1. The lowest BCUT2D eigenvalue weighted by atomic mass is 9.91. The van der Waals surface area contributed by atoms with E-state index >= 15 is 0 Å². The highest BCUT2D eigenvalue weighted by Gasteiger charge is 2.47. The Labute approximate surface area is 163 Å². The van der Waals surface area contributed by atoms with Crippen LogP contribution in [0, 0.1) is 5.92 Å². The maximum Gasteiger partial charge on any atom is 0.153 e. The lowest BCUT2D eigenvalue weighted by molar-refractivity contribution is -0.139. The zero-order chi connectivity index (χ0) is 18.2. The zero-order valence-electron chi connectivity index (χ0n) is 15.5. The van der Waals surface area contributed by atoms with Crippen molar-refractivity contribution in [3.63, 3.8) is 0 Å². The van der Waals surface area contributed by atoms with Gasteiger partial charge in [0.05, 0.1) is 11.6 Å². The molecular weight excluding hydrogens is 346 g/mol. The Balaban J connectivity index is 1.57. The molecule has 4 aromatic rings. The standard InChI is InChI=1S/C23H20N5/c1-2-6-18-16(5-1)9-10-20-22(18)19-7-3-4-8-21(19)24-23(20)28-17-11-15-12-26(14-17)25-27(28)13-15/h1-10,15,17H,11-14H2. The van der Waals surface area contributed by atoms with Crippen LogP contribution in [0.2, 0.25) is 0 Å². The number of pyridine rings is 1. The van der Waals surface area contributed by atoms with E-state index in [1.807, 2.05) is 0 Å². The molecule has 0 spiro atoms. The van der Waals surface area contributed by atoms with Gasteiger partial charge >= 0.3 is 0 Å². The number of rotatable bonds is 1. The van der Waals surface area contributed by atoms with E-state index in [0.717, 1.165) is 36.9 Å². The second kappa shape index (κ2) is 5.41. The first kappa shape index (κ1) is 15.2. The Kier molecular flexibility index (Phi) is 2.94. The molecule has 0 aliphatic carbocycles. The molecule has 28 heavy (non-hydrogen) atoms. The van der Waals surface area contributed by atoms with Gasteiger partial charge in [-0.05, 0) is 35.2 Å². The van der Waals surface area contributed by atoms with E-state index in [0.29, 0.717) is 6.04 Å². The number of hydrogen-bond acceptors (Lipinski definition) is 4. The molecule has 4 unspecified atom stereocenters. The fourth-order valence-electron chi connectivity index (χ4n) is 5.43. The van der Waals surface area contributed by atoms with Crippen LogP contribution < -0.4 is 10.5 Å². The van der Waals surface area contributed by atoms with Gasteiger partial charge in [-0.25, -0.2) is 9.99 Å². The summed E-state index contributed by atoms with van der Waals surface area (Å²) in [5, 5.41) is 13.1. The van der Waals surface area contributed by atoms with Gasteiger partial charge in [-0.15, -0.1) is 5.12 Å². The molecule has 137 valence electrons. The number of para-hydroxylation sites is 1. The van der Waals surface area contributed by atoms with Gasteiger partial charge in [0.15, 0.2) is 5.82 Å². The third kappa shape index (κ3) is 1.98. The molecule has 4 saturated heterocycles. The second-order valence-corrected chi connectivity index (χ2v) is 8.28. The van der Waals surface area contributed by atoms with Crippen molar-refractivity contribution in [1.82, 2.24) is 20.6 Å². The van der Waals surface area contributed by atoms with E-state index in [9.17, 15) is 0 Å². The van der Waals surface area contributed by atoms with Crippen molar-refractivity contribution in [2.24, 2.45) is 5.92 Å². The van der Waals surface area contributed by atoms with Gasteiger partial charge < -0.3 is 0 Å². The van der Waals surface area contributed by atoms with Gasteiger partial charge in [0.2, 0.25) is 0 Å². The van der Waals surface area contributed by atoms with Crippen LogP contribution in [0.3, 0.4) is 0 Å². The third-order valence-corrected chi connectivity index (χ3v) is 6.53. The molecular formula is C23H20N5. The number of benzene rings is 3. The van der Waals surface area contributed by atoms with Crippen LogP contribution in [0.25, 0.3) is 32.4 Å². The molecule has 4 fully saturated rings. The van der Waals surface area contributed by atoms with Crippen LogP contribution in [-0.4, -0.2) is 40.8 Å². The fraction of sp³-hybridized carbons (Fsp3) is 0.261. The van der Waals surface area contributed by atoms with Gasteiger partial charge in [-0.2, -0.15) is 0 Å². The number of nitrogens with zero attached hydrogens (tertiary/aromatic N) is 5. The maximum atomic E-state index is 5.16. The number of aromatic nitrogens is 1. The number of hydrazine groups is 1. The van der Waals surface area contributed by atoms with Gasteiger partial charge in [0.25, 0.3) is 0 Å². The largest absolute Gasteiger partial charge is 0.268 e. The summed E-state index contributed by atoms with van der Waals surface area (Å²) in [7, 11) is 0. The van der Waals surface area contributed by atoms with Crippen LogP contribution in [-0.2, 0) is 0 Å². The molecule has 5 heterocycles. The Hall–Kier alpha value is -2.73. The first-order chi connectivity index (χ1) is 13.8. The van der Waals surface area contributed by atoms with Crippen molar-refractivity contribution in [2.45, 2.75) is 12.5 Å². The molecule has 5 nitrogen and oxygen atoms in total. The van der Waals surface area contributed by atoms with E-state index in [2.05, 4.69) is 75.8 Å². The monoisotopic (exact) mass is 366 g/mol. The Morgan fingerprint density at radius 2 is 1.64 bits per heavy atom. The van der Waals surface area contributed by atoms with Gasteiger partial charge in [0, 0.05) is 35.8 Å². The van der Waals surface area contributed by atoms with E-state index < -0.39 is 0 Å². The molecule has 8 rings (SSSR count). The fourth-order valence-corrected chi connectivity index (χ4v) is 5.43. The summed E-state index contributed by atoms with van der Waals surface area (Å²) in [4.78, 5) is 5.16. The lowest BCUT2D eigenvalue weighted by Crippen LogP contribution is -2.74. The second-order valence-electron chi connectivity index (χ2n) is 8.28. The number of hydrogen-bond donors (Lipinski definition) is 0. The van der Waals surface area contributed by atoms with Gasteiger partial charge in [-0.1, -0.05) is 54.1 Å². The molecule has 4 aliphatic rings.